The van der Waals surface area contributed by atoms with Gasteiger partial charge in [-0.05, 0) is 52.4 Å². The highest BCUT2D eigenvalue weighted by Crippen LogP contribution is 2.29. The van der Waals surface area contributed by atoms with Crippen LogP contribution in [0.15, 0.2) is 42.5 Å². The first-order valence-electron chi connectivity index (χ1n) is 4.62. The number of benzene rings is 2. The predicted molar refractivity (Wildman–Crippen MR) is 70.0 cm³/mol. The van der Waals surface area contributed by atoms with E-state index in [1.54, 1.807) is 7.11 Å². The number of rotatable bonds is 2. The van der Waals surface area contributed by atoms with Gasteiger partial charge in [0, 0.05) is 9.13 Å². The molecule has 2 aromatic carbocycles. The zero-order valence-electron chi connectivity index (χ0n) is 8.33. The van der Waals surface area contributed by atoms with E-state index in [1.807, 2.05) is 30.3 Å². The molecular weight excluding hydrogens is 299 g/mol. The van der Waals surface area contributed by atoms with E-state index in [1.165, 1.54) is 0 Å². The molecule has 75 valence electrons. The summed E-state index contributed by atoms with van der Waals surface area (Å²) in [5, 5.41) is 0. The van der Waals surface area contributed by atoms with Gasteiger partial charge in [-0.1, -0.05) is 24.3 Å². The first kappa shape index (κ1) is 10.5. The Morgan fingerprint density at radius 1 is 1.13 bits per heavy atom. The second kappa shape index (κ2) is 4.66. The molecule has 2 aromatic rings. The molecule has 0 bridgehead atoms. The Morgan fingerprint density at radius 2 is 1.93 bits per heavy atom. The maximum absolute atomic E-state index is 5.31. The van der Waals surface area contributed by atoms with E-state index in [0.717, 1.165) is 20.4 Å². The summed E-state index contributed by atoms with van der Waals surface area (Å²) in [5.41, 5.74) is 2.24. The molecule has 0 heterocycles. The second-order valence-electron chi connectivity index (χ2n) is 3.13. The molecule has 0 saturated carbocycles. The summed E-state index contributed by atoms with van der Waals surface area (Å²) in [7, 11) is 1.69. The summed E-state index contributed by atoms with van der Waals surface area (Å²) < 4.78 is 6.43. The Balaban J connectivity index is 2.49. The van der Waals surface area contributed by atoms with Crippen molar-refractivity contribution < 1.29 is 4.74 Å². The van der Waals surface area contributed by atoms with E-state index in [0.29, 0.717) is 0 Å². The average Bonchev–Trinajstić information content (AvgIpc) is 2.30. The van der Waals surface area contributed by atoms with Crippen LogP contribution < -0.4 is 4.74 Å². The van der Waals surface area contributed by atoms with Gasteiger partial charge in [-0.15, -0.1) is 0 Å². The molecular formula is C13H10IO. The van der Waals surface area contributed by atoms with Crippen molar-refractivity contribution in [2.45, 2.75) is 0 Å². The van der Waals surface area contributed by atoms with Crippen molar-refractivity contribution in [2.24, 2.45) is 0 Å². The minimum Gasteiger partial charge on any atom is -0.496 e. The zero-order chi connectivity index (χ0) is 10.7. The molecule has 0 amide bonds. The van der Waals surface area contributed by atoms with Crippen LogP contribution in [0.25, 0.3) is 11.1 Å². The van der Waals surface area contributed by atoms with Crippen LogP contribution in [0.3, 0.4) is 0 Å². The summed E-state index contributed by atoms with van der Waals surface area (Å²) >= 11 is 2.25. The van der Waals surface area contributed by atoms with Crippen molar-refractivity contribution in [3.05, 3.63) is 52.1 Å². The number of para-hydroxylation sites is 1. The van der Waals surface area contributed by atoms with Crippen LogP contribution in [0.1, 0.15) is 0 Å². The van der Waals surface area contributed by atoms with Crippen LogP contribution in [-0.4, -0.2) is 7.11 Å². The third-order valence-corrected chi connectivity index (χ3v) is 2.86. The highest BCUT2D eigenvalue weighted by molar-refractivity contribution is 14.1. The van der Waals surface area contributed by atoms with Gasteiger partial charge in [-0.3, -0.25) is 0 Å². The van der Waals surface area contributed by atoms with Crippen LogP contribution in [-0.2, 0) is 0 Å². The molecule has 0 aliphatic heterocycles. The maximum Gasteiger partial charge on any atom is 0.126 e. The molecule has 2 heteroatoms. The highest BCUT2D eigenvalue weighted by atomic mass is 127. The molecule has 1 radical (unpaired) electrons. The Labute approximate surface area is 103 Å². The molecule has 0 aliphatic rings. The van der Waals surface area contributed by atoms with Crippen molar-refractivity contribution in [3.8, 4) is 16.9 Å². The van der Waals surface area contributed by atoms with Crippen molar-refractivity contribution in [2.75, 3.05) is 7.11 Å². The van der Waals surface area contributed by atoms with Crippen molar-refractivity contribution >= 4 is 22.6 Å². The molecule has 0 unspecified atom stereocenters. The first-order valence-corrected chi connectivity index (χ1v) is 5.70. The zero-order valence-corrected chi connectivity index (χ0v) is 10.5. The fraction of sp³-hybridized carbons (Fsp3) is 0.0769. The molecule has 0 fully saturated rings. The van der Waals surface area contributed by atoms with Gasteiger partial charge in [0.05, 0.1) is 7.11 Å². The molecule has 0 aliphatic carbocycles. The van der Waals surface area contributed by atoms with Crippen molar-refractivity contribution in [1.82, 2.24) is 0 Å². The van der Waals surface area contributed by atoms with Crippen LogP contribution >= 0.6 is 22.6 Å². The van der Waals surface area contributed by atoms with Gasteiger partial charge in [-0.25, -0.2) is 0 Å². The van der Waals surface area contributed by atoms with Crippen molar-refractivity contribution in [1.29, 1.82) is 0 Å². The molecule has 0 saturated heterocycles. The lowest BCUT2D eigenvalue weighted by atomic mass is 10.1. The predicted octanol–water partition coefficient (Wildman–Crippen LogP) is 3.77. The summed E-state index contributed by atoms with van der Waals surface area (Å²) in [6.45, 7) is 0. The van der Waals surface area contributed by atoms with Crippen LogP contribution in [0, 0.1) is 9.64 Å². The second-order valence-corrected chi connectivity index (χ2v) is 4.29. The van der Waals surface area contributed by atoms with E-state index < -0.39 is 0 Å². The normalized spacial score (nSPS) is 10.0. The Morgan fingerprint density at radius 3 is 2.60 bits per heavy atom. The molecule has 1 nitrogen and oxygen atoms in total. The van der Waals surface area contributed by atoms with Gasteiger partial charge < -0.3 is 4.74 Å². The summed E-state index contributed by atoms with van der Waals surface area (Å²) in [4.78, 5) is 0. The Bertz CT molecular complexity index is 448. The number of methoxy groups -OCH3 is 1. The molecule has 0 spiro atoms. The summed E-state index contributed by atoms with van der Waals surface area (Å²) in [6.07, 6.45) is 0. The number of ether oxygens (including phenoxy) is 1. The number of hydrogen-bond donors (Lipinski definition) is 0. The fourth-order valence-electron chi connectivity index (χ4n) is 1.46. The minimum atomic E-state index is 0.895. The van der Waals surface area contributed by atoms with E-state index >= 15 is 0 Å². The minimum absolute atomic E-state index is 0.895. The van der Waals surface area contributed by atoms with E-state index in [4.69, 9.17) is 4.74 Å². The lowest BCUT2D eigenvalue weighted by Gasteiger charge is -2.07. The quantitative estimate of drug-likeness (QED) is 0.767. The number of hydrogen-bond acceptors (Lipinski definition) is 1. The summed E-state index contributed by atoms with van der Waals surface area (Å²) in [5.74, 6) is 0.895. The lowest BCUT2D eigenvalue weighted by molar-refractivity contribution is 0.416. The van der Waals surface area contributed by atoms with E-state index in [-0.39, 0.29) is 0 Å². The van der Waals surface area contributed by atoms with E-state index in [9.17, 15) is 0 Å². The SMILES string of the molecule is COc1ccccc1-c1c[c]c(I)cc1. The molecule has 2 rings (SSSR count). The first-order chi connectivity index (χ1) is 7.31. The van der Waals surface area contributed by atoms with Crippen LogP contribution in [0.2, 0.25) is 0 Å². The van der Waals surface area contributed by atoms with Gasteiger partial charge >= 0.3 is 0 Å². The molecule has 0 N–H and O–H groups in total. The van der Waals surface area contributed by atoms with Gasteiger partial charge in [-0.2, -0.15) is 0 Å². The molecule has 0 atom stereocenters. The number of halogens is 1. The Hall–Kier alpha value is -1.03. The van der Waals surface area contributed by atoms with Gasteiger partial charge in [0.2, 0.25) is 0 Å². The smallest absolute Gasteiger partial charge is 0.126 e. The fourth-order valence-corrected chi connectivity index (χ4v) is 1.79. The lowest BCUT2D eigenvalue weighted by Crippen LogP contribution is -1.87. The molecule has 15 heavy (non-hydrogen) atoms. The third kappa shape index (κ3) is 2.31. The van der Waals surface area contributed by atoms with E-state index in [2.05, 4.69) is 40.8 Å². The maximum atomic E-state index is 5.31. The largest absolute Gasteiger partial charge is 0.496 e. The highest BCUT2D eigenvalue weighted by Gasteiger charge is 2.03. The van der Waals surface area contributed by atoms with Crippen LogP contribution in [0.4, 0.5) is 0 Å². The van der Waals surface area contributed by atoms with Gasteiger partial charge in [0.1, 0.15) is 5.75 Å². The van der Waals surface area contributed by atoms with Crippen molar-refractivity contribution in [3.63, 3.8) is 0 Å². The summed E-state index contributed by atoms with van der Waals surface area (Å²) in [6, 6.07) is 17.3. The monoisotopic (exact) mass is 309 g/mol. The van der Waals surface area contributed by atoms with Gasteiger partial charge in [0.15, 0.2) is 0 Å². The topological polar surface area (TPSA) is 9.23 Å². The Kier molecular flexibility index (Phi) is 3.26. The average molecular weight is 309 g/mol. The third-order valence-electron chi connectivity index (χ3n) is 2.19. The van der Waals surface area contributed by atoms with Gasteiger partial charge in [0.25, 0.3) is 0 Å². The van der Waals surface area contributed by atoms with Crippen LogP contribution in [0.5, 0.6) is 5.75 Å². The molecule has 0 aromatic heterocycles. The standard InChI is InChI=1S/C13H10IO/c1-15-13-5-3-2-4-12(13)10-6-8-11(14)9-7-10/h2-8H,1H3.